The molecule has 6 heteroatoms. The third kappa shape index (κ3) is 1.60. The first-order chi connectivity index (χ1) is 8.70. The second kappa shape index (κ2) is 4.13. The second-order valence-corrected chi connectivity index (χ2v) is 4.88. The molecule has 0 radical (unpaired) electrons. The lowest BCUT2D eigenvalue weighted by Crippen LogP contribution is -2.25. The number of thioether (sulfide) groups is 1. The van der Waals surface area contributed by atoms with Gasteiger partial charge in [0.25, 0.3) is 0 Å². The number of benzene rings is 1. The highest BCUT2D eigenvalue weighted by atomic mass is 32.2. The van der Waals surface area contributed by atoms with E-state index in [1.807, 2.05) is 0 Å². The van der Waals surface area contributed by atoms with Gasteiger partial charge in [0.15, 0.2) is 5.16 Å². The molecule has 3 rings (SSSR count). The van der Waals surface area contributed by atoms with Crippen LogP contribution >= 0.6 is 11.8 Å². The van der Waals surface area contributed by atoms with E-state index in [0.717, 1.165) is 5.56 Å². The molecule has 2 heterocycles. The number of hydrogen-bond acceptors (Lipinski definition) is 3. The van der Waals surface area contributed by atoms with Crippen LogP contribution in [0.4, 0.5) is 4.39 Å². The van der Waals surface area contributed by atoms with E-state index in [9.17, 15) is 9.18 Å². The van der Waals surface area contributed by atoms with Crippen LogP contribution in [0, 0.1) is 5.82 Å². The van der Waals surface area contributed by atoms with Crippen LogP contribution in [0.2, 0.25) is 0 Å². The maximum absolute atomic E-state index is 13.3. The van der Waals surface area contributed by atoms with Crippen molar-refractivity contribution in [2.45, 2.75) is 17.5 Å². The van der Waals surface area contributed by atoms with Crippen molar-refractivity contribution >= 4 is 11.8 Å². The Hall–Kier alpha value is -1.82. The molecule has 1 aromatic heterocycles. The molecule has 1 aliphatic rings. The average molecular weight is 263 g/mol. The molecular formula is C12H10FN3OS. The molecule has 1 aromatic carbocycles. The maximum Gasteiger partial charge on any atom is 0.351 e. The molecule has 0 bridgehead atoms. The summed E-state index contributed by atoms with van der Waals surface area (Å²) in [5.41, 5.74) is 1.27. The zero-order valence-corrected chi connectivity index (χ0v) is 10.3. The lowest BCUT2D eigenvalue weighted by Gasteiger charge is -2.15. The minimum absolute atomic E-state index is 0.260. The van der Waals surface area contributed by atoms with Crippen LogP contribution in [0.5, 0.6) is 0 Å². The Bertz CT molecular complexity index is 689. The molecule has 0 atom stereocenters. The molecule has 4 nitrogen and oxygen atoms in total. The standard InChI is InChI=1S/C12H10FN3OS/c1-2-5-15-12(17)16-10-6-9(13)4-3-8(10)7-18-11(16)14-15/h2-4,6H,1,5,7H2. The van der Waals surface area contributed by atoms with Crippen LogP contribution in [-0.4, -0.2) is 14.3 Å². The van der Waals surface area contributed by atoms with Gasteiger partial charge >= 0.3 is 5.69 Å². The van der Waals surface area contributed by atoms with Gasteiger partial charge < -0.3 is 0 Å². The molecular weight excluding hydrogens is 253 g/mol. The van der Waals surface area contributed by atoms with E-state index in [-0.39, 0.29) is 11.5 Å². The predicted molar refractivity (Wildman–Crippen MR) is 67.5 cm³/mol. The smallest absolute Gasteiger partial charge is 0.246 e. The van der Waals surface area contributed by atoms with E-state index in [1.54, 1.807) is 12.1 Å². The lowest BCUT2D eigenvalue weighted by molar-refractivity contribution is 0.624. The van der Waals surface area contributed by atoms with E-state index < -0.39 is 0 Å². The average Bonchev–Trinajstić information content (AvgIpc) is 2.67. The largest absolute Gasteiger partial charge is 0.351 e. The van der Waals surface area contributed by atoms with E-state index >= 15 is 0 Å². The van der Waals surface area contributed by atoms with Crippen molar-refractivity contribution in [3.8, 4) is 5.69 Å². The third-order valence-corrected chi connectivity index (χ3v) is 3.73. The van der Waals surface area contributed by atoms with Gasteiger partial charge in [-0.3, -0.25) is 0 Å². The number of nitrogens with zero attached hydrogens (tertiary/aromatic N) is 3. The van der Waals surface area contributed by atoms with Crippen LogP contribution in [0.25, 0.3) is 5.69 Å². The van der Waals surface area contributed by atoms with E-state index in [2.05, 4.69) is 11.7 Å². The number of aromatic nitrogens is 3. The Morgan fingerprint density at radius 3 is 3.17 bits per heavy atom. The summed E-state index contributed by atoms with van der Waals surface area (Å²) in [4.78, 5) is 12.2. The number of halogens is 1. The van der Waals surface area contributed by atoms with Gasteiger partial charge in [-0.15, -0.1) is 11.7 Å². The zero-order chi connectivity index (χ0) is 12.7. The van der Waals surface area contributed by atoms with Crippen molar-refractivity contribution in [1.82, 2.24) is 14.3 Å². The van der Waals surface area contributed by atoms with Crippen LogP contribution < -0.4 is 5.69 Å². The summed E-state index contributed by atoms with van der Waals surface area (Å²) in [7, 11) is 0. The monoisotopic (exact) mass is 263 g/mol. The molecule has 0 unspecified atom stereocenters. The van der Waals surface area contributed by atoms with Crippen molar-refractivity contribution in [3.63, 3.8) is 0 Å². The van der Waals surface area contributed by atoms with Gasteiger partial charge in [-0.25, -0.2) is 18.4 Å². The molecule has 0 N–H and O–H groups in total. The Labute approximate surface area is 107 Å². The van der Waals surface area contributed by atoms with Gasteiger partial charge in [-0.1, -0.05) is 23.9 Å². The summed E-state index contributed by atoms with van der Waals surface area (Å²) in [6.07, 6.45) is 1.61. The molecule has 0 saturated heterocycles. The SMILES string of the molecule is C=CCn1nc2n(c1=O)-c1cc(F)ccc1CS2. The number of allylic oxidation sites excluding steroid dienone is 1. The first-order valence-electron chi connectivity index (χ1n) is 5.43. The van der Waals surface area contributed by atoms with Crippen LogP contribution in [-0.2, 0) is 12.3 Å². The zero-order valence-electron chi connectivity index (χ0n) is 9.47. The molecule has 0 spiro atoms. The van der Waals surface area contributed by atoms with E-state index in [1.165, 1.54) is 33.1 Å². The lowest BCUT2D eigenvalue weighted by atomic mass is 10.2. The van der Waals surface area contributed by atoms with Crippen molar-refractivity contribution in [3.05, 3.63) is 52.7 Å². The summed E-state index contributed by atoms with van der Waals surface area (Å²) in [5, 5.41) is 4.80. The third-order valence-electron chi connectivity index (χ3n) is 2.76. The highest BCUT2D eigenvalue weighted by Gasteiger charge is 2.22. The first kappa shape index (κ1) is 11.3. The molecule has 0 saturated carbocycles. The second-order valence-electron chi connectivity index (χ2n) is 3.93. The summed E-state index contributed by atoms with van der Waals surface area (Å²) in [6, 6.07) is 4.49. The van der Waals surface area contributed by atoms with Gasteiger partial charge in [-0.05, 0) is 17.7 Å². The van der Waals surface area contributed by atoms with Gasteiger partial charge in [0.1, 0.15) is 5.82 Å². The van der Waals surface area contributed by atoms with Crippen molar-refractivity contribution in [1.29, 1.82) is 0 Å². The normalized spacial score (nSPS) is 12.9. The quantitative estimate of drug-likeness (QED) is 0.778. The summed E-state index contributed by atoms with van der Waals surface area (Å²) < 4.78 is 16.1. The predicted octanol–water partition coefficient (Wildman–Crippen LogP) is 1.96. The van der Waals surface area contributed by atoms with Crippen LogP contribution in [0.15, 0.2) is 40.8 Å². The highest BCUT2D eigenvalue weighted by Crippen LogP contribution is 2.31. The Morgan fingerprint density at radius 1 is 1.56 bits per heavy atom. The van der Waals surface area contributed by atoms with Gasteiger partial charge in [0.05, 0.1) is 12.2 Å². The number of hydrogen-bond donors (Lipinski definition) is 0. The van der Waals surface area contributed by atoms with Gasteiger partial charge in [-0.2, -0.15) is 0 Å². The van der Waals surface area contributed by atoms with Crippen molar-refractivity contribution < 1.29 is 4.39 Å². The molecule has 92 valence electrons. The van der Waals surface area contributed by atoms with Gasteiger partial charge in [0, 0.05) is 5.75 Å². The molecule has 0 amide bonds. The number of rotatable bonds is 2. The summed E-state index contributed by atoms with van der Waals surface area (Å²) >= 11 is 1.47. The Kier molecular flexibility index (Phi) is 2.59. The fourth-order valence-electron chi connectivity index (χ4n) is 1.94. The fourth-order valence-corrected chi connectivity index (χ4v) is 2.93. The van der Waals surface area contributed by atoms with Crippen LogP contribution in [0.3, 0.4) is 0 Å². The van der Waals surface area contributed by atoms with E-state index in [4.69, 9.17) is 0 Å². The molecule has 0 fully saturated rings. The first-order valence-corrected chi connectivity index (χ1v) is 6.41. The van der Waals surface area contributed by atoms with Gasteiger partial charge in [0.2, 0.25) is 0 Å². The van der Waals surface area contributed by atoms with E-state index in [0.29, 0.717) is 23.1 Å². The minimum atomic E-state index is -0.352. The molecule has 2 aromatic rings. The Morgan fingerprint density at radius 2 is 2.39 bits per heavy atom. The molecule has 18 heavy (non-hydrogen) atoms. The highest BCUT2D eigenvalue weighted by molar-refractivity contribution is 7.98. The topological polar surface area (TPSA) is 39.8 Å². The molecule has 0 aliphatic carbocycles. The van der Waals surface area contributed by atoms with Crippen molar-refractivity contribution in [2.24, 2.45) is 0 Å². The Balaban J connectivity index is 2.25. The summed E-state index contributed by atoms with van der Waals surface area (Å²) in [5.74, 6) is 0.343. The fraction of sp³-hybridized carbons (Fsp3) is 0.167. The number of fused-ring (bicyclic) bond motifs is 3. The van der Waals surface area contributed by atoms with Crippen molar-refractivity contribution in [2.75, 3.05) is 0 Å². The summed E-state index contributed by atoms with van der Waals surface area (Å²) in [6.45, 7) is 3.94. The van der Waals surface area contributed by atoms with Crippen LogP contribution in [0.1, 0.15) is 5.56 Å². The maximum atomic E-state index is 13.3. The molecule has 1 aliphatic heterocycles. The minimum Gasteiger partial charge on any atom is -0.246 e.